The van der Waals surface area contributed by atoms with Crippen LogP contribution in [0.25, 0.3) is 0 Å². The summed E-state index contributed by atoms with van der Waals surface area (Å²) in [5, 5.41) is 0. The van der Waals surface area contributed by atoms with Gasteiger partial charge < -0.3 is 5.73 Å². The van der Waals surface area contributed by atoms with E-state index < -0.39 is 0 Å². The first-order valence-electron chi connectivity index (χ1n) is 7.39. The van der Waals surface area contributed by atoms with E-state index in [0.717, 1.165) is 18.5 Å². The Bertz CT molecular complexity index is 376. The fourth-order valence-corrected chi connectivity index (χ4v) is 3.61. The maximum Gasteiger partial charge on any atom is 0.0221 e. The molecule has 3 rings (SSSR count). The SMILES string of the molecule is Cl.NCC1CCCCN1C1CC(c2ccccc2)C1. The van der Waals surface area contributed by atoms with Crippen molar-refractivity contribution < 1.29 is 0 Å². The zero-order chi connectivity index (χ0) is 12.4. The second kappa shape index (κ2) is 6.74. The molecule has 1 saturated carbocycles. The third-order valence-electron chi connectivity index (χ3n) is 4.80. The summed E-state index contributed by atoms with van der Waals surface area (Å²) >= 11 is 0. The van der Waals surface area contributed by atoms with E-state index >= 15 is 0 Å². The van der Waals surface area contributed by atoms with Gasteiger partial charge in [0.25, 0.3) is 0 Å². The second-order valence-corrected chi connectivity index (χ2v) is 5.86. The molecule has 1 aromatic carbocycles. The van der Waals surface area contributed by atoms with E-state index in [9.17, 15) is 0 Å². The summed E-state index contributed by atoms with van der Waals surface area (Å²) in [6.45, 7) is 2.11. The summed E-state index contributed by atoms with van der Waals surface area (Å²) in [6.07, 6.45) is 6.71. The Morgan fingerprint density at radius 1 is 1.11 bits per heavy atom. The Morgan fingerprint density at radius 3 is 2.53 bits per heavy atom. The predicted molar refractivity (Wildman–Crippen MR) is 82.9 cm³/mol. The van der Waals surface area contributed by atoms with Crippen molar-refractivity contribution in [3.05, 3.63) is 35.9 Å². The Labute approximate surface area is 122 Å². The van der Waals surface area contributed by atoms with Crippen LogP contribution in [0, 0.1) is 0 Å². The lowest BCUT2D eigenvalue weighted by Gasteiger charge is -2.48. The number of hydrogen-bond acceptors (Lipinski definition) is 2. The highest BCUT2D eigenvalue weighted by Gasteiger charge is 2.37. The molecule has 2 N–H and O–H groups in total. The van der Waals surface area contributed by atoms with Crippen molar-refractivity contribution in [2.45, 2.75) is 50.1 Å². The minimum atomic E-state index is 0. The fraction of sp³-hybridized carbons (Fsp3) is 0.625. The largest absolute Gasteiger partial charge is 0.329 e. The molecule has 1 atom stereocenters. The van der Waals surface area contributed by atoms with Crippen LogP contribution in [0.1, 0.15) is 43.6 Å². The van der Waals surface area contributed by atoms with Gasteiger partial charge in [0.2, 0.25) is 0 Å². The van der Waals surface area contributed by atoms with Gasteiger partial charge in [0.05, 0.1) is 0 Å². The normalized spacial score (nSPS) is 31.3. The Hall–Kier alpha value is -0.570. The molecule has 0 amide bonds. The van der Waals surface area contributed by atoms with Gasteiger partial charge in [-0.25, -0.2) is 0 Å². The molecule has 0 radical (unpaired) electrons. The third-order valence-corrected chi connectivity index (χ3v) is 4.80. The molecule has 1 aliphatic heterocycles. The highest BCUT2D eigenvalue weighted by atomic mass is 35.5. The molecule has 2 nitrogen and oxygen atoms in total. The van der Waals surface area contributed by atoms with Crippen LogP contribution in [0.3, 0.4) is 0 Å². The summed E-state index contributed by atoms with van der Waals surface area (Å²) in [7, 11) is 0. The molecule has 1 saturated heterocycles. The van der Waals surface area contributed by atoms with E-state index in [4.69, 9.17) is 5.73 Å². The maximum atomic E-state index is 5.91. The Kier molecular flexibility index (Phi) is 5.26. The highest BCUT2D eigenvalue weighted by Crippen LogP contribution is 2.41. The van der Waals surface area contributed by atoms with Crippen molar-refractivity contribution in [2.24, 2.45) is 5.73 Å². The zero-order valence-electron chi connectivity index (χ0n) is 11.5. The van der Waals surface area contributed by atoms with Crippen molar-refractivity contribution in [1.29, 1.82) is 0 Å². The van der Waals surface area contributed by atoms with E-state index in [0.29, 0.717) is 6.04 Å². The molecule has 2 fully saturated rings. The minimum absolute atomic E-state index is 0. The Morgan fingerprint density at radius 2 is 1.84 bits per heavy atom. The van der Waals surface area contributed by atoms with Crippen LogP contribution in [0.2, 0.25) is 0 Å². The summed E-state index contributed by atoms with van der Waals surface area (Å²) in [6, 6.07) is 12.4. The maximum absolute atomic E-state index is 5.91. The number of benzene rings is 1. The lowest BCUT2D eigenvalue weighted by atomic mass is 9.74. The molecule has 1 aromatic rings. The van der Waals surface area contributed by atoms with Crippen LogP contribution in [0.4, 0.5) is 0 Å². The monoisotopic (exact) mass is 280 g/mol. The van der Waals surface area contributed by atoms with Gasteiger partial charge >= 0.3 is 0 Å². The van der Waals surface area contributed by atoms with E-state index in [2.05, 4.69) is 35.2 Å². The van der Waals surface area contributed by atoms with Crippen molar-refractivity contribution in [2.75, 3.05) is 13.1 Å². The molecule has 106 valence electrons. The van der Waals surface area contributed by atoms with Crippen molar-refractivity contribution >= 4 is 12.4 Å². The molecular formula is C16H25ClN2. The number of hydrogen-bond donors (Lipinski definition) is 1. The minimum Gasteiger partial charge on any atom is -0.329 e. The molecule has 19 heavy (non-hydrogen) atoms. The van der Waals surface area contributed by atoms with Gasteiger partial charge in [-0.05, 0) is 43.7 Å². The van der Waals surface area contributed by atoms with Gasteiger partial charge in [-0.15, -0.1) is 12.4 Å². The number of likely N-dealkylation sites (tertiary alicyclic amines) is 1. The second-order valence-electron chi connectivity index (χ2n) is 5.86. The van der Waals surface area contributed by atoms with Crippen molar-refractivity contribution in [1.82, 2.24) is 4.90 Å². The van der Waals surface area contributed by atoms with Crippen LogP contribution in [-0.4, -0.2) is 30.1 Å². The van der Waals surface area contributed by atoms with Gasteiger partial charge in [-0.2, -0.15) is 0 Å². The van der Waals surface area contributed by atoms with Crippen molar-refractivity contribution in [3.63, 3.8) is 0 Å². The average Bonchev–Trinajstić information content (AvgIpc) is 2.39. The first-order chi connectivity index (χ1) is 8.88. The number of rotatable bonds is 3. The van der Waals surface area contributed by atoms with Gasteiger partial charge in [0.1, 0.15) is 0 Å². The van der Waals surface area contributed by atoms with Gasteiger partial charge in [-0.1, -0.05) is 36.8 Å². The van der Waals surface area contributed by atoms with E-state index in [1.165, 1.54) is 44.2 Å². The predicted octanol–water partition coefficient (Wildman–Crippen LogP) is 3.17. The molecular weight excluding hydrogens is 256 g/mol. The zero-order valence-corrected chi connectivity index (χ0v) is 12.3. The van der Waals surface area contributed by atoms with Crippen molar-refractivity contribution in [3.8, 4) is 0 Å². The average molecular weight is 281 g/mol. The Balaban J connectivity index is 0.00000133. The molecule has 1 aliphatic carbocycles. The van der Waals surface area contributed by atoms with Crippen LogP contribution < -0.4 is 5.73 Å². The summed E-state index contributed by atoms with van der Waals surface area (Å²) < 4.78 is 0. The van der Waals surface area contributed by atoms with E-state index in [-0.39, 0.29) is 12.4 Å². The topological polar surface area (TPSA) is 29.3 Å². The van der Waals surface area contributed by atoms with Gasteiger partial charge in [-0.3, -0.25) is 4.90 Å². The summed E-state index contributed by atoms with van der Waals surface area (Å²) in [5.41, 5.74) is 7.44. The van der Waals surface area contributed by atoms with Gasteiger partial charge in [0.15, 0.2) is 0 Å². The fourth-order valence-electron chi connectivity index (χ4n) is 3.61. The molecule has 0 aromatic heterocycles. The molecule has 0 spiro atoms. The quantitative estimate of drug-likeness (QED) is 0.921. The molecule has 0 bridgehead atoms. The number of piperidine rings is 1. The molecule has 1 unspecified atom stereocenters. The molecule has 2 aliphatic rings. The number of halogens is 1. The van der Waals surface area contributed by atoms with Crippen LogP contribution >= 0.6 is 12.4 Å². The lowest BCUT2D eigenvalue weighted by molar-refractivity contribution is 0.0438. The van der Waals surface area contributed by atoms with E-state index in [1.807, 2.05) is 0 Å². The van der Waals surface area contributed by atoms with Crippen LogP contribution in [0.15, 0.2) is 30.3 Å². The smallest absolute Gasteiger partial charge is 0.0221 e. The number of nitrogens with two attached hydrogens (primary N) is 1. The molecule has 3 heteroatoms. The first-order valence-corrected chi connectivity index (χ1v) is 7.39. The standard InChI is InChI=1S/C16H24N2.ClH/c17-12-15-8-4-5-9-18(15)16-10-14(11-16)13-6-2-1-3-7-13;/h1-3,6-7,14-16H,4-5,8-12,17H2;1H. The molecule has 1 heterocycles. The van der Waals surface area contributed by atoms with Crippen LogP contribution in [0.5, 0.6) is 0 Å². The van der Waals surface area contributed by atoms with Crippen LogP contribution in [-0.2, 0) is 0 Å². The highest BCUT2D eigenvalue weighted by molar-refractivity contribution is 5.85. The third kappa shape index (κ3) is 3.13. The van der Waals surface area contributed by atoms with E-state index in [1.54, 1.807) is 0 Å². The summed E-state index contributed by atoms with van der Waals surface area (Å²) in [4.78, 5) is 2.70. The first kappa shape index (κ1) is 14.8. The summed E-state index contributed by atoms with van der Waals surface area (Å²) in [5.74, 6) is 0.788. The number of nitrogens with zero attached hydrogens (tertiary/aromatic N) is 1. The lowest BCUT2D eigenvalue weighted by Crippen LogP contribution is -2.53. The van der Waals surface area contributed by atoms with Gasteiger partial charge in [0, 0.05) is 18.6 Å².